The lowest BCUT2D eigenvalue weighted by Crippen LogP contribution is -2.33. The van der Waals surface area contributed by atoms with Gasteiger partial charge in [-0.15, -0.1) is 0 Å². The Bertz CT molecular complexity index is 470. The number of hydrogen-bond donors (Lipinski definition) is 0. The molecule has 1 aromatic rings. The largest absolute Gasteiger partial charge is 0.445 e. The van der Waals surface area contributed by atoms with Gasteiger partial charge in [-0.2, -0.15) is 5.26 Å². The van der Waals surface area contributed by atoms with Crippen molar-refractivity contribution in [3.63, 3.8) is 0 Å². The molecule has 5 nitrogen and oxygen atoms in total. The van der Waals surface area contributed by atoms with E-state index in [2.05, 4.69) is 6.07 Å². The number of ether oxygens (including phenoxy) is 2. The predicted octanol–water partition coefficient (Wildman–Crippen LogP) is 2.33. The third-order valence-corrected chi connectivity index (χ3v) is 3.22. The molecule has 1 atom stereocenters. The van der Waals surface area contributed by atoms with E-state index >= 15 is 0 Å². The summed E-state index contributed by atoms with van der Waals surface area (Å²) in [5.74, 6) is 0. The molecule has 1 aromatic carbocycles. The highest BCUT2D eigenvalue weighted by Gasteiger charge is 2.21. The van der Waals surface area contributed by atoms with E-state index in [1.165, 1.54) is 0 Å². The molecule has 2 rings (SSSR count). The van der Waals surface area contributed by atoms with Crippen LogP contribution in [0.2, 0.25) is 0 Å². The van der Waals surface area contributed by atoms with E-state index in [0.29, 0.717) is 32.5 Å². The highest BCUT2D eigenvalue weighted by molar-refractivity contribution is 5.67. The first-order valence-electron chi connectivity index (χ1n) is 6.74. The van der Waals surface area contributed by atoms with Crippen molar-refractivity contribution in [2.45, 2.75) is 25.6 Å². The average Bonchev–Trinajstić information content (AvgIpc) is 2.72. The summed E-state index contributed by atoms with van der Waals surface area (Å²) in [5, 5.41) is 8.66. The average molecular weight is 274 g/mol. The molecule has 5 heteroatoms. The van der Waals surface area contributed by atoms with Crippen molar-refractivity contribution < 1.29 is 14.3 Å². The SMILES string of the molecule is N#CC[C@@H]1CCN(C(=O)OCc2ccccc2)CCO1. The third-order valence-electron chi connectivity index (χ3n) is 3.22. The van der Waals surface area contributed by atoms with E-state index in [0.717, 1.165) is 5.56 Å². The first kappa shape index (κ1) is 14.4. The van der Waals surface area contributed by atoms with Gasteiger partial charge in [0, 0.05) is 13.1 Å². The summed E-state index contributed by atoms with van der Waals surface area (Å²) in [5.41, 5.74) is 0.967. The summed E-state index contributed by atoms with van der Waals surface area (Å²) in [4.78, 5) is 13.6. The first-order valence-corrected chi connectivity index (χ1v) is 6.74. The van der Waals surface area contributed by atoms with Gasteiger partial charge in [0.1, 0.15) is 6.61 Å². The van der Waals surface area contributed by atoms with Crippen LogP contribution in [0.5, 0.6) is 0 Å². The van der Waals surface area contributed by atoms with Gasteiger partial charge in [-0.25, -0.2) is 4.79 Å². The Hall–Kier alpha value is -2.06. The van der Waals surface area contributed by atoms with Crippen molar-refractivity contribution in [3.8, 4) is 6.07 Å². The molecule has 0 radical (unpaired) electrons. The van der Waals surface area contributed by atoms with Gasteiger partial charge in [-0.05, 0) is 12.0 Å². The fourth-order valence-corrected chi connectivity index (χ4v) is 2.08. The fourth-order valence-electron chi connectivity index (χ4n) is 2.08. The van der Waals surface area contributed by atoms with Gasteiger partial charge in [-0.1, -0.05) is 30.3 Å². The van der Waals surface area contributed by atoms with Crippen LogP contribution < -0.4 is 0 Å². The summed E-state index contributed by atoms with van der Waals surface area (Å²) in [6.07, 6.45) is 0.642. The molecule has 0 saturated carbocycles. The number of rotatable bonds is 3. The number of benzene rings is 1. The molecule has 0 unspecified atom stereocenters. The van der Waals surface area contributed by atoms with Gasteiger partial charge in [0.25, 0.3) is 0 Å². The van der Waals surface area contributed by atoms with Crippen LogP contribution in [0, 0.1) is 11.3 Å². The normalized spacial score (nSPS) is 18.9. The molecule has 1 aliphatic heterocycles. The topological polar surface area (TPSA) is 62.6 Å². The molecule has 1 saturated heterocycles. The van der Waals surface area contributed by atoms with E-state index in [4.69, 9.17) is 14.7 Å². The third kappa shape index (κ3) is 4.25. The standard InChI is InChI=1S/C15H18N2O3/c16-8-6-14-7-9-17(10-11-19-14)15(18)20-12-13-4-2-1-3-5-13/h1-5,14H,6-7,9-12H2/t14-/m1/s1. The van der Waals surface area contributed by atoms with Crippen molar-refractivity contribution >= 4 is 6.09 Å². The van der Waals surface area contributed by atoms with Gasteiger partial charge in [0.2, 0.25) is 0 Å². The second-order valence-corrected chi connectivity index (χ2v) is 4.67. The number of hydrogen-bond acceptors (Lipinski definition) is 4. The lowest BCUT2D eigenvalue weighted by molar-refractivity contribution is 0.0624. The van der Waals surface area contributed by atoms with E-state index in [-0.39, 0.29) is 18.8 Å². The second kappa shape index (κ2) is 7.51. The number of carbonyl (C=O) groups excluding carboxylic acids is 1. The van der Waals surface area contributed by atoms with Crippen molar-refractivity contribution in [1.29, 1.82) is 5.26 Å². The van der Waals surface area contributed by atoms with Gasteiger partial charge in [0.15, 0.2) is 0 Å². The van der Waals surface area contributed by atoms with Crippen molar-refractivity contribution in [2.75, 3.05) is 19.7 Å². The zero-order valence-electron chi connectivity index (χ0n) is 11.3. The predicted molar refractivity (Wildman–Crippen MR) is 72.8 cm³/mol. The lowest BCUT2D eigenvalue weighted by Gasteiger charge is -2.19. The zero-order valence-corrected chi connectivity index (χ0v) is 11.3. The Morgan fingerprint density at radius 1 is 1.40 bits per heavy atom. The Kier molecular flexibility index (Phi) is 5.39. The number of nitrogens with zero attached hydrogens (tertiary/aromatic N) is 2. The molecule has 1 amide bonds. The number of carbonyl (C=O) groups is 1. The minimum Gasteiger partial charge on any atom is -0.445 e. The van der Waals surface area contributed by atoms with Crippen molar-refractivity contribution in [2.24, 2.45) is 0 Å². The lowest BCUT2D eigenvalue weighted by atomic mass is 10.2. The van der Waals surface area contributed by atoms with Crippen LogP contribution in [0.15, 0.2) is 30.3 Å². The molecule has 1 fully saturated rings. The molecule has 0 aliphatic carbocycles. The van der Waals surface area contributed by atoms with Gasteiger partial charge in [0.05, 0.1) is 25.2 Å². The first-order chi connectivity index (χ1) is 9.79. The molecular formula is C15H18N2O3. The maximum Gasteiger partial charge on any atom is 0.410 e. The van der Waals surface area contributed by atoms with Crippen molar-refractivity contribution in [1.82, 2.24) is 4.90 Å². The Balaban J connectivity index is 1.79. The van der Waals surface area contributed by atoms with E-state index in [1.807, 2.05) is 30.3 Å². The van der Waals surface area contributed by atoms with Gasteiger partial charge >= 0.3 is 6.09 Å². The fraction of sp³-hybridized carbons (Fsp3) is 0.467. The minimum absolute atomic E-state index is 0.0769. The van der Waals surface area contributed by atoms with Crippen LogP contribution in [-0.2, 0) is 16.1 Å². The van der Waals surface area contributed by atoms with Gasteiger partial charge in [-0.3, -0.25) is 0 Å². The van der Waals surface area contributed by atoms with Crippen LogP contribution >= 0.6 is 0 Å². The molecule has 106 valence electrons. The number of nitriles is 1. The molecular weight excluding hydrogens is 256 g/mol. The molecule has 0 N–H and O–H groups in total. The summed E-state index contributed by atoms with van der Waals surface area (Å²) in [6.45, 7) is 1.81. The minimum atomic E-state index is -0.324. The molecule has 0 bridgehead atoms. The van der Waals surface area contributed by atoms with Crippen LogP contribution in [0.25, 0.3) is 0 Å². The maximum absolute atomic E-state index is 12.0. The van der Waals surface area contributed by atoms with Crippen LogP contribution in [0.3, 0.4) is 0 Å². The summed E-state index contributed by atoms with van der Waals surface area (Å²) < 4.78 is 10.8. The van der Waals surface area contributed by atoms with Crippen LogP contribution in [0.1, 0.15) is 18.4 Å². The Morgan fingerprint density at radius 3 is 2.95 bits per heavy atom. The molecule has 0 spiro atoms. The highest BCUT2D eigenvalue weighted by Crippen LogP contribution is 2.11. The Labute approximate surface area is 118 Å². The summed E-state index contributed by atoms with van der Waals surface area (Å²) in [7, 11) is 0. The molecule has 0 aromatic heterocycles. The summed E-state index contributed by atoms with van der Waals surface area (Å²) in [6, 6.07) is 11.7. The molecule has 1 aliphatic rings. The second-order valence-electron chi connectivity index (χ2n) is 4.67. The van der Waals surface area contributed by atoms with E-state index in [1.54, 1.807) is 4.90 Å². The summed E-state index contributed by atoms with van der Waals surface area (Å²) >= 11 is 0. The monoisotopic (exact) mass is 274 g/mol. The highest BCUT2D eigenvalue weighted by atomic mass is 16.6. The Morgan fingerprint density at radius 2 is 2.20 bits per heavy atom. The van der Waals surface area contributed by atoms with E-state index < -0.39 is 0 Å². The molecule has 1 heterocycles. The maximum atomic E-state index is 12.0. The van der Waals surface area contributed by atoms with Crippen LogP contribution in [0.4, 0.5) is 4.79 Å². The van der Waals surface area contributed by atoms with Crippen LogP contribution in [-0.4, -0.2) is 36.8 Å². The smallest absolute Gasteiger partial charge is 0.410 e. The van der Waals surface area contributed by atoms with Crippen molar-refractivity contribution in [3.05, 3.63) is 35.9 Å². The van der Waals surface area contributed by atoms with E-state index in [9.17, 15) is 4.79 Å². The molecule has 20 heavy (non-hydrogen) atoms. The zero-order chi connectivity index (χ0) is 14.2. The van der Waals surface area contributed by atoms with Gasteiger partial charge < -0.3 is 14.4 Å². The number of amides is 1. The quantitative estimate of drug-likeness (QED) is 0.848.